The standard InChI is InChI=1S/C22H32N4O2/c1-17-23-20-8-4-5-9-21(20)26(17)15-22(28)25-13-18(19(14-25)16-27)12-24-10-6-2-3-7-11-24/h4-5,8-9,18-19,27H,2-3,6-7,10-16H2,1H3/t18-,19-/m1/s1. The number of rotatable bonds is 5. The number of hydrogen-bond donors (Lipinski definition) is 1. The van der Waals surface area contributed by atoms with Gasteiger partial charge in [-0.15, -0.1) is 0 Å². The first-order valence-corrected chi connectivity index (χ1v) is 10.7. The molecule has 1 N–H and O–H groups in total. The van der Waals surface area contributed by atoms with Gasteiger partial charge in [-0.2, -0.15) is 0 Å². The van der Waals surface area contributed by atoms with E-state index in [1.54, 1.807) is 0 Å². The Hall–Kier alpha value is -1.92. The summed E-state index contributed by atoms with van der Waals surface area (Å²) in [4.78, 5) is 22.1. The molecule has 0 bridgehead atoms. The number of likely N-dealkylation sites (tertiary alicyclic amines) is 2. The molecule has 2 saturated heterocycles. The quantitative estimate of drug-likeness (QED) is 0.859. The number of nitrogens with zero attached hydrogens (tertiary/aromatic N) is 4. The summed E-state index contributed by atoms with van der Waals surface area (Å²) in [7, 11) is 0. The van der Waals surface area contributed by atoms with Crippen LogP contribution in [0.15, 0.2) is 24.3 Å². The zero-order valence-corrected chi connectivity index (χ0v) is 16.9. The Morgan fingerprint density at radius 1 is 1.11 bits per heavy atom. The number of para-hydroxylation sites is 2. The van der Waals surface area contributed by atoms with Crippen molar-refractivity contribution in [3.05, 3.63) is 30.1 Å². The number of carbonyl (C=O) groups is 1. The molecule has 6 nitrogen and oxygen atoms in total. The predicted molar refractivity (Wildman–Crippen MR) is 110 cm³/mol. The van der Waals surface area contributed by atoms with Crippen LogP contribution in [0.25, 0.3) is 11.0 Å². The fraction of sp³-hybridized carbons (Fsp3) is 0.636. The number of benzene rings is 1. The second-order valence-corrected chi connectivity index (χ2v) is 8.45. The van der Waals surface area contributed by atoms with Gasteiger partial charge in [0.2, 0.25) is 5.91 Å². The van der Waals surface area contributed by atoms with E-state index >= 15 is 0 Å². The second kappa shape index (κ2) is 8.62. The van der Waals surface area contributed by atoms with E-state index in [-0.39, 0.29) is 18.4 Å². The van der Waals surface area contributed by atoms with Crippen molar-refractivity contribution in [1.82, 2.24) is 19.4 Å². The van der Waals surface area contributed by atoms with E-state index in [2.05, 4.69) is 9.88 Å². The summed E-state index contributed by atoms with van der Waals surface area (Å²) in [5, 5.41) is 9.89. The molecular formula is C22H32N4O2. The number of aryl methyl sites for hydroxylation is 1. The van der Waals surface area contributed by atoms with Crippen LogP contribution in [0, 0.1) is 18.8 Å². The molecule has 2 aliphatic heterocycles. The number of amides is 1. The zero-order valence-electron chi connectivity index (χ0n) is 16.9. The summed E-state index contributed by atoms with van der Waals surface area (Å²) in [6.45, 7) is 7.17. The highest BCUT2D eigenvalue weighted by Gasteiger charge is 2.36. The van der Waals surface area contributed by atoms with E-state index in [1.165, 1.54) is 25.7 Å². The average molecular weight is 385 g/mol. The highest BCUT2D eigenvalue weighted by atomic mass is 16.3. The molecular weight excluding hydrogens is 352 g/mol. The van der Waals surface area contributed by atoms with E-state index < -0.39 is 0 Å². The topological polar surface area (TPSA) is 61.6 Å². The third kappa shape index (κ3) is 4.08. The van der Waals surface area contributed by atoms with Gasteiger partial charge in [0.1, 0.15) is 12.4 Å². The van der Waals surface area contributed by atoms with Crippen molar-refractivity contribution in [2.45, 2.75) is 39.2 Å². The molecule has 0 unspecified atom stereocenters. The van der Waals surface area contributed by atoms with E-state index in [4.69, 9.17) is 0 Å². The number of hydrogen-bond acceptors (Lipinski definition) is 4. The Labute approximate surface area is 167 Å². The number of aliphatic hydroxyl groups excluding tert-OH is 1. The maximum atomic E-state index is 13.0. The lowest BCUT2D eigenvalue weighted by molar-refractivity contribution is -0.131. The fourth-order valence-corrected chi connectivity index (χ4v) is 4.84. The van der Waals surface area contributed by atoms with Crippen molar-refractivity contribution in [3.8, 4) is 0 Å². The van der Waals surface area contributed by atoms with Crippen LogP contribution >= 0.6 is 0 Å². The molecule has 3 heterocycles. The first-order valence-electron chi connectivity index (χ1n) is 10.7. The van der Waals surface area contributed by atoms with E-state index in [0.717, 1.165) is 43.0 Å². The molecule has 0 aliphatic carbocycles. The molecule has 2 aromatic rings. The van der Waals surface area contributed by atoms with E-state index in [1.807, 2.05) is 40.7 Å². The molecule has 6 heteroatoms. The van der Waals surface area contributed by atoms with Crippen molar-refractivity contribution < 1.29 is 9.90 Å². The molecule has 1 amide bonds. The van der Waals surface area contributed by atoms with Gasteiger partial charge in [0.15, 0.2) is 0 Å². The number of imidazole rings is 1. The Bertz CT molecular complexity index is 810. The first kappa shape index (κ1) is 19.4. The molecule has 0 saturated carbocycles. The van der Waals surface area contributed by atoms with Crippen molar-refractivity contribution in [1.29, 1.82) is 0 Å². The van der Waals surface area contributed by atoms with Gasteiger partial charge < -0.3 is 19.5 Å². The molecule has 1 aromatic heterocycles. The molecule has 2 aliphatic rings. The smallest absolute Gasteiger partial charge is 0.242 e. The van der Waals surface area contributed by atoms with Crippen LogP contribution in [-0.4, -0.2) is 69.7 Å². The maximum Gasteiger partial charge on any atom is 0.242 e. The molecule has 1 aromatic carbocycles. The molecule has 2 atom stereocenters. The van der Waals surface area contributed by atoms with Crippen LogP contribution in [0.3, 0.4) is 0 Å². The fourth-order valence-electron chi connectivity index (χ4n) is 4.84. The lowest BCUT2D eigenvalue weighted by Gasteiger charge is -2.26. The summed E-state index contributed by atoms with van der Waals surface area (Å²) in [5.74, 6) is 1.55. The Balaban J connectivity index is 1.42. The van der Waals surface area contributed by atoms with Gasteiger partial charge >= 0.3 is 0 Å². The highest BCUT2D eigenvalue weighted by molar-refractivity contribution is 5.81. The van der Waals surface area contributed by atoms with Gasteiger partial charge in [0, 0.05) is 32.2 Å². The molecule has 0 radical (unpaired) electrons. The number of aliphatic hydroxyl groups is 1. The minimum atomic E-state index is 0.128. The van der Waals surface area contributed by atoms with Crippen LogP contribution in [0.4, 0.5) is 0 Å². The lowest BCUT2D eigenvalue weighted by atomic mass is 9.96. The van der Waals surface area contributed by atoms with Gasteiger partial charge in [-0.1, -0.05) is 25.0 Å². The maximum absolute atomic E-state index is 13.0. The predicted octanol–water partition coefficient (Wildman–Crippen LogP) is 2.29. The summed E-state index contributed by atoms with van der Waals surface area (Å²) in [6, 6.07) is 7.96. The normalized spacial score (nSPS) is 24.0. The van der Waals surface area contributed by atoms with Gasteiger partial charge in [-0.25, -0.2) is 4.98 Å². The molecule has 2 fully saturated rings. The van der Waals surface area contributed by atoms with Crippen molar-refractivity contribution in [2.24, 2.45) is 11.8 Å². The van der Waals surface area contributed by atoms with Crippen LogP contribution in [0.2, 0.25) is 0 Å². The highest BCUT2D eigenvalue weighted by Crippen LogP contribution is 2.26. The van der Waals surface area contributed by atoms with Gasteiger partial charge in [-0.05, 0) is 50.9 Å². The van der Waals surface area contributed by atoms with Crippen LogP contribution in [0.1, 0.15) is 31.5 Å². The van der Waals surface area contributed by atoms with Crippen LogP contribution in [-0.2, 0) is 11.3 Å². The third-order valence-corrected chi connectivity index (χ3v) is 6.49. The SMILES string of the molecule is Cc1nc2ccccc2n1CC(=O)N1C[C@@H](CN2CCCCCC2)[C@@H](CO)C1. The Kier molecular flexibility index (Phi) is 5.97. The minimum absolute atomic E-state index is 0.128. The van der Waals surface area contributed by atoms with Crippen LogP contribution in [0.5, 0.6) is 0 Å². The zero-order chi connectivity index (χ0) is 19.5. The summed E-state index contributed by atoms with van der Waals surface area (Å²) < 4.78 is 2.01. The largest absolute Gasteiger partial charge is 0.396 e. The molecule has 0 spiro atoms. The van der Waals surface area contributed by atoms with Crippen molar-refractivity contribution in [3.63, 3.8) is 0 Å². The van der Waals surface area contributed by atoms with Crippen molar-refractivity contribution >= 4 is 16.9 Å². The first-order chi connectivity index (χ1) is 13.7. The van der Waals surface area contributed by atoms with E-state index in [9.17, 15) is 9.90 Å². The lowest BCUT2D eigenvalue weighted by Crippen LogP contribution is -2.35. The summed E-state index contributed by atoms with van der Waals surface area (Å²) in [5.41, 5.74) is 1.94. The summed E-state index contributed by atoms with van der Waals surface area (Å²) in [6.07, 6.45) is 5.19. The van der Waals surface area contributed by atoms with Gasteiger partial charge in [0.05, 0.1) is 11.0 Å². The molecule has 4 rings (SSSR count). The Morgan fingerprint density at radius 2 is 1.82 bits per heavy atom. The Morgan fingerprint density at radius 3 is 2.57 bits per heavy atom. The second-order valence-electron chi connectivity index (χ2n) is 8.45. The van der Waals surface area contributed by atoms with E-state index in [0.29, 0.717) is 19.0 Å². The number of aromatic nitrogens is 2. The molecule has 152 valence electrons. The third-order valence-electron chi connectivity index (χ3n) is 6.49. The van der Waals surface area contributed by atoms with Gasteiger partial charge in [0.25, 0.3) is 0 Å². The number of fused-ring (bicyclic) bond motifs is 1. The molecule has 28 heavy (non-hydrogen) atoms. The monoisotopic (exact) mass is 384 g/mol. The van der Waals surface area contributed by atoms with Crippen LogP contribution < -0.4 is 0 Å². The average Bonchev–Trinajstić information content (AvgIpc) is 3.13. The summed E-state index contributed by atoms with van der Waals surface area (Å²) >= 11 is 0. The van der Waals surface area contributed by atoms with Gasteiger partial charge in [-0.3, -0.25) is 4.79 Å². The van der Waals surface area contributed by atoms with Crippen molar-refractivity contribution in [2.75, 3.05) is 39.3 Å². The minimum Gasteiger partial charge on any atom is -0.396 e. The number of carbonyl (C=O) groups excluding carboxylic acids is 1.